The van der Waals surface area contributed by atoms with Gasteiger partial charge < -0.3 is 10.2 Å². The van der Waals surface area contributed by atoms with Crippen LogP contribution in [-0.2, 0) is 0 Å². The Kier molecular flexibility index (Phi) is 4.52. The van der Waals surface area contributed by atoms with Gasteiger partial charge in [-0.1, -0.05) is 6.92 Å². The molecule has 0 aromatic carbocycles. The molecule has 0 aliphatic heterocycles. The van der Waals surface area contributed by atoms with Gasteiger partial charge in [-0.05, 0) is 27.2 Å². The predicted octanol–water partition coefficient (Wildman–Crippen LogP) is 2.45. The van der Waals surface area contributed by atoms with Crippen molar-refractivity contribution < 1.29 is 0 Å². The van der Waals surface area contributed by atoms with Crippen molar-refractivity contribution in [1.29, 1.82) is 0 Å². The molecular weight excluding hydrogens is 200 g/mol. The van der Waals surface area contributed by atoms with Gasteiger partial charge in [-0.25, -0.2) is 4.98 Å². The molecule has 0 saturated heterocycles. The molecule has 0 fully saturated rings. The molecule has 0 atom stereocenters. The van der Waals surface area contributed by atoms with Crippen LogP contribution in [-0.4, -0.2) is 29.6 Å². The molecule has 90 valence electrons. The van der Waals surface area contributed by atoms with Crippen molar-refractivity contribution in [3.05, 3.63) is 11.8 Å². The molecule has 4 nitrogen and oxygen atoms in total. The van der Waals surface area contributed by atoms with Crippen molar-refractivity contribution >= 4 is 11.8 Å². The van der Waals surface area contributed by atoms with Crippen molar-refractivity contribution in [2.24, 2.45) is 0 Å². The molecule has 1 aromatic heterocycles. The molecule has 0 unspecified atom stereocenters. The van der Waals surface area contributed by atoms with Crippen LogP contribution in [0.2, 0.25) is 0 Å². The number of aryl methyl sites for hydroxylation is 1. The molecular formula is C12H22N4. The van der Waals surface area contributed by atoms with E-state index >= 15 is 0 Å². The molecule has 16 heavy (non-hydrogen) atoms. The van der Waals surface area contributed by atoms with Gasteiger partial charge in [0.25, 0.3) is 0 Å². The van der Waals surface area contributed by atoms with Crippen LogP contribution < -0.4 is 10.2 Å². The van der Waals surface area contributed by atoms with Crippen molar-refractivity contribution in [1.82, 2.24) is 9.97 Å². The zero-order chi connectivity index (χ0) is 12.1. The molecule has 0 radical (unpaired) electrons. The highest BCUT2D eigenvalue weighted by atomic mass is 15.2. The Balaban J connectivity index is 3.06. The van der Waals surface area contributed by atoms with E-state index in [0.29, 0.717) is 12.0 Å². The van der Waals surface area contributed by atoms with E-state index in [1.807, 2.05) is 13.2 Å². The first-order chi connectivity index (χ1) is 7.60. The van der Waals surface area contributed by atoms with Crippen molar-refractivity contribution in [2.45, 2.75) is 40.2 Å². The summed E-state index contributed by atoms with van der Waals surface area (Å²) >= 11 is 0. The van der Waals surface area contributed by atoms with Crippen LogP contribution in [0.5, 0.6) is 0 Å². The molecule has 1 heterocycles. The first-order valence-electron chi connectivity index (χ1n) is 5.88. The van der Waals surface area contributed by atoms with Crippen LogP contribution in [0.25, 0.3) is 0 Å². The van der Waals surface area contributed by atoms with Crippen molar-refractivity contribution in [3.8, 4) is 0 Å². The van der Waals surface area contributed by atoms with Gasteiger partial charge in [-0.2, -0.15) is 4.98 Å². The molecule has 4 heteroatoms. The van der Waals surface area contributed by atoms with E-state index in [2.05, 4.69) is 47.9 Å². The Labute approximate surface area is 98.1 Å². The first-order valence-corrected chi connectivity index (χ1v) is 5.88. The second kappa shape index (κ2) is 5.68. The lowest BCUT2D eigenvalue weighted by Crippen LogP contribution is -2.33. The highest BCUT2D eigenvalue weighted by Crippen LogP contribution is 2.20. The van der Waals surface area contributed by atoms with Gasteiger partial charge in [-0.15, -0.1) is 0 Å². The monoisotopic (exact) mass is 222 g/mol. The van der Waals surface area contributed by atoms with Crippen LogP contribution in [0.3, 0.4) is 0 Å². The van der Waals surface area contributed by atoms with Crippen molar-refractivity contribution in [3.63, 3.8) is 0 Å². The fourth-order valence-electron chi connectivity index (χ4n) is 1.69. The number of anilines is 2. The predicted molar refractivity (Wildman–Crippen MR) is 69.1 cm³/mol. The molecule has 1 N–H and O–H groups in total. The summed E-state index contributed by atoms with van der Waals surface area (Å²) < 4.78 is 0. The largest absolute Gasteiger partial charge is 0.357 e. The third kappa shape index (κ3) is 2.84. The minimum atomic E-state index is 0.457. The number of aromatic nitrogens is 2. The van der Waals surface area contributed by atoms with Gasteiger partial charge in [-0.3, -0.25) is 0 Å². The maximum Gasteiger partial charge on any atom is 0.224 e. The number of nitrogens with one attached hydrogen (secondary N) is 1. The lowest BCUT2D eigenvalue weighted by atomic mass is 10.2. The summed E-state index contributed by atoms with van der Waals surface area (Å²) in [4.78, 5) is 11.1. The Morgan fingerprint density at radius 3 is 2.62 bits per heavy atom. The molecule has 0 aliphatic carbocycles. The Hall–Kier alpha value is -1.32. The van der Waals surface area contributed by atoms with E-state index in [9.17, 15) is 0 Å². The fourth-order valence-corrected chi connectivity index (χ4v) is 1.69. The molecule has 0 bridgehead atoms. The average Bonchev–Trinajstić information content (AvgIpc) is 2.27. The highest BCUT2D eigenvalue weighted by Gasteiger charge is 2.14. The van der Waals surface area contributed by atoms with Crippen LogP contribution in [0.4, 0.5) is 11.8 Å². The second-order valence-electron chi connectivity index (χ2n) is 4.24. The summed E-state index contributed by atoms with van der Waals surface area (Å²) in [5.41, 5.74) is 1.13. The average molecular weight is 222 g/mol. The molecule has 0 saturated carbocycles. The molecule has 1 aromatic rings. The smallest absolute Gasteiger partial charge is 0.224 e. The molecule has 1 rings (SSSR count). The number of hydrogen-bond donors (Lipinski definition) is 1. The summed E-state index contributed by atoms with van der Waals surface area (Å²) in [5, 5.41) is 2.98. The van der Waals surface area contributed by atoms with Gasteiger partial charge in [0.2, 0.25) is 5.95 Å². The lowest BCUT2D eigenvalue weighted by Gasteiger charge is -2.28. The van der Waals surface area contributed by atoms with Crippen molar-refractivity contribution in [2.75, 3.05) is 23.8 Å². The molecule has 0 aliphatic rings. The summed E-state index contributed by atoms with van der Waals surface area (Å²) in [6.07, 6.45) is 3.00. The summed E-state index contributed by atoms with van der Waals surface area (Å²) in [5.74, 6) is 1.72. The SMILES string of the molecule is CCCN(c1nc(NC)ncc1C)C(C)C. The fraction of sp³-hybridized carbons (Fsp3) is 0.667. The Morgan fingerprint density at radius 1 is 1.44 bits per heavy atom. The number of nitrogens with zero attached hydrogens (tertiary/aromatic N) is 3. The molecule has 0 amide bonds. The maximum atomic E-state index is 4.53. The first kappa shape index (κ1) is 12.7. The minimum Gasteiger partial charge on any atom is -0.357 e. The zero-order valence-electron chi connectivity index (χ0n) is 10.9. The van der Waals surface area contributed by atoms with E-state index in [-0.39, 0.29) is 0 Å². The summed E-state index contributed by atoms with van der Waals surface area (Å²) in [6, 6.07) is 0.457. The number of rotatable bonds is 5. The van der Waals surface area contributed by atoms with Crippen LogP contribution in [0, 0.1) is 6.92 Å². The van der Waals surface area contributed by atoms with E-state index in [1.165, 1.54) is 0 Å². The second-order valence-corrected chi connectivity index (χ2v) is 4.24. The van der Waals surface area contributed by atoms with Gasteiger partial charge >= 0.3 is 0 Å². The van der Waals surface area contributed by atoms with Gasteiger partial charge in [0.1, 0.15) is 5.82 Å². The number of hydrogen-bond acceptors (Lipinski definition) is 4. The topological polar surface area (TPSA) is 41.1 Å². The third-order valence-electron chi connectivity index (χ3n) is 2.53. The van der Waals surface area contributed by atoms with Crippen LogP contribution >= 0.6 is 0 Å². The Bertz CT molecular complexity index is 336. The highest BCUT2D eigenvalue weighted by molar-refractivity contribution is 5.49. The van der Waals surface area contributed by atoms with Crippen LogP contribution in [0.1, 0.15) is 32.8 Å². The van der Waals surface area contributed by atoms with Gasteiger partial charge in [0.15, 0.2) is 0 Å². The zero-order valence-corrected chi connectivity index (χ0v) is 10.9. The normalized spacial score (nSPS) is 10.6. The summed E-state index contributed by atoms with van der Waals surface area (Å²) in [7, 11) is 1.84. The summed E-state index contributed by atoms with van der Waals surface area (Å²) in [6.45, 7) is 9.65. The van der Waals surface area contributed by atoms with E-state index in [0.717, 1.165) is 24.3 Å². The van der Waals surface area contributed by atoms with Gasteiger partial charge in [0.05, 0.1) is 0 Å². The third-order valence-corrected chi connectivity index (χ3v) is 2.53. The van der Waals surface area contributed by atoms with E-state index in [4.69, 9.17) is 0 Å². The van der Waals surface area contributed by atoms with Crippen LogP contribution in [0.15, 0.2) is 6.20 Å². The van der Waals surface area contributed by atoms with E-state index in [1.54, 1.807) is 0 Å². The van der Waals surface area contributed by atoms with E-state index < -0.39 is 0 Å². The maximum absolute atomic E-state index is 4.53. The molecule has 0 spiro atoms. The Morgan fingerprint density at radius 2 is 2.12 bits per heavy atom. The quantitative estimate of drug-likeness (QED) is 0.831. The minimum absolute atomic E-state index is 0.457. The standard InChI is InChI=1S/C12H22N4/c1-6-7-16(9(2)3)11-10(4)8-14-12(13-5)15-11/h8-9H,6-7H2,1-5H3,(H,13,14,15). The van der Waals surface area contributed by atoms with Gasteiger partial charge in [0, 0.05) is 31.4 Å². The lowest BCUT2D eigenvalue weighted by molar-refractivity contribution is 0.659.